The van der Waals surface area contributed by atoms with E-state index in [4.69, 9.17) is 0 Å². The van der Waals surface area contributed by atoms with Crippen molar-refractivity contribution < 1.29 is 0 Å². The minimum Gasteiger partial charge on any atom is -0.311 e. The fourth-order valence-corrected chi connectivity index (χ4v) is 3.82. The highest BCUT2D eigenvalue weighted by atomic mass is 15.1. The number of rotatable bonds is 6. The second kappa shape index (κ2) is 5.27. The lowest BCUT2D eigenvalue weighted by Crippen LogP contribution is -2.39. The van der Waals surface area contributed by atoms with E-state index in [2.05, 4.69) is 17.1 Å². The molecule has 0 aromatic rings. The molecule has 98 valence electrons. The highest BCUT2D eigenvalue weighted by Crippen LogP contribution is 2.33. The summed E-state index contributed by atoms with van der Waals surface area (Å²) in [5, 5.41) is 3.75. The van der Waals surface area contributed by atoms with Crippen LogP contribution >= 0.6 is 0 Å². The Balaban J connectivity index is 1.40. The zero-order valence-electron chi connectivity index (χ0n) is 11.3. The van der Waals surface area contributed by atoms with E-state index in [0.29, 0.717) is 0 Å². The van der Waals surface area contributed by atoms with Crippen LogP contribution in [0.1, 0.15) is 51.9 Å². The third-order valence-corrected chi connectivity index (χ3v) is 5.08. The molecular formula is C15H28N2. The summed E-state index contributed by atoms with van der Waals surface area (Å²) in [5.41, 5.74) is 0. The average molecular weight is 236 g/mol. The van der Waals surface area contributed by atoms with Crippen LogP contribution < -0.4 is 5.32 Å². The van der Waals surface area contributed by atoms with Crippen LogP contribution in [0.4, 0.5) is 0 Å². The molecule has 2 aliphatic heterocycles. The molecule has 2 saturated heterocycles. The molecule has 1 N–H and O–H groups in total. The Labute approximate surface area is 106 Å². The van der Waals surface area contributed by atoms with E-state index < -0.39 is 0 Å². The highest BCUT2D eigenvalue weighted by Gasteiger charge is 2.33. The normalized spacial score (nSPS) is 36.7. The molecule has 2 unspecified atom stereocenters. The summed E-state index contributed by atoms with van der Waals surface area (Å²) in [6, 6.07) is 1.74. The highest BCUT2D eigenvalue weighted by molar-refractivity contribution is 4.92. The van der Waals surface area contributed by atoms with Gasteiger partial charge in [0.2, 0.25) is 0 Å². The van der Waals surface area contributed by atoms with E-state index in [1.54, 1.807) is 0 Å². The second-order valence-corrected chi connectivity index (χ2v) is 6.60. The molecule has 3 aliphatic rings. The quantitative estimate of drug-likeness (QED) is 0.763. The number of nitrogens with zero attached hydrogens (tertiary/aromatic N) is 1. The third-order valence-electron chi connectivity index (χ3n) is 5.08. The van der Waals surface area contributed by atoms with Crippen LogP contribution in [0.3, 0.4) is 0 Å². The molecule has 0 amide bonds. The largest absolute Gasteiger partial charge is 0.311 e. The Hall–Kier alpha value is -0.0800. The minimum atomic E-state index is 0.872. The Kier molecular flexibility index (Phi) is 3.72. The van der Waals surface area contributed by atoms with Gasteiger partial charge in [0, 0.05) is 18.6 Å². The first kappa shape index (κ1) is 12.0. The molecule has 2 atom stereocenters. The number of fused-ring (bicyclic) bond motifs is 2. The van der Waals surface area contributed by atoms with Crippen LogP contribution in [0.5, 0.6) is 0 Å². The molecule has 2 nitrogen and oxygen atoms in total. The first-order valence-electron chi connectivity index (χ1n) is 7.82. The molecule has 0 aromatic heterocycles. The van der Waals surface area contributed by atoms with Gasteiger partial charge in [-0.2, -0.15) is 0 Å². The van der Waals surface area contributed by atoms with E-state index >= 15 is 0 Å². The minimum absolute atomic E-state index is 0.872. The molecular weight excluding hydrogens is 208 g/mol. The maximum absolute atomic E-state index is 3.75. The summed E-state index contributed by atoms with van der Waals surface area (Å²) >= 11 is 0. The lowest BCUT2D eigenvalue weighted by molar-refractivity contribution is 0.219. The van der Waals surface area contributed by atoms with Crippen LogP contribution in [0.2, 0.25) is 0 Å². The summed E-state index contributed by atoms with van der Waals surface area (Å²) in [7, 11) is 0. The average Bonchev–Trinajstić information content (AvgIpc) is 3.10. The maximum Gasteiger partial charge on any atom is 0.00728 e. The van der Waals surface area contributed by atoms with Gasteiger partial charge in [-0.15, -0.1) is 0 Å². The first-order valence-corrected chi connectivity index (χ1v) is 7.82. The van der Waals surface area contributed by atoms with E-state index in [-0.39, 0.29) is 0 Å². The SMILES string of the molecule is CCN(CCC1CC2CCC(C1)N2)CC1CC1. The van der Waals surface area contributed by atoms with Crippen LogP contribution in [0, 0.1) is 11.8 Å². The van der Waals surface area contributed by atoms with Crippen molar-refractivity contribution in [3.05, 3.63) is 0 Å². The Morgan fingerprint density at radius 2 is 1.71 bits per heavy atom. The van der Waals surface area contributed by atoms with Crippen molar-refractivity contribution in [1.82, 2.24) is 10.2 Å². The third kappa shape index (κ3) is 3.23. The van der Waals surface area contributed by atoms with E-state index in [9.17, 15) is 0 Å². The van der Waals surface area contributed by atoms with Gasteiger partial charge in [-0.3, -0.25) is 0 Å². The van der Waals surface area contributed by atoms with Crippen LogP contribution in [0.15, 0.2) is 0 Å². The molecule has 2 heterocycles. The second-order valence-electron chi connectivity index (χ2n) is 6.60. The summed E-state index contributed by atoms with van der Waals surface area (Å²) in [6.45, 7) is 6.33. The Bertz CT molecular complexity index is 237. The van der Waals surface area contributed by atoms with Gasteiger partial charge in [-0.1, -0.05) is 6.92 Å². The molecule has 3 fully saturated rings. The van der Waals surface area contributed by atoms with Crippen molar-refractivity contribution in [1.29, 1.82) is 0 Å². The van der Waals surface area contributed by atoms with Crippen molar-refractivity contribution in [3.63, 3.8) is 0 Å². The van der Waals surface area contributed by atoms with Crippen LogP contribution in [-0.2, 0) is 0 Å². The number of nitrogens with one attached hydrogen (secondary N) is 1. The van der Waals surface area contributed by atoms with E-state index in [0.717, 1.165) is 23.9 Å². The monoisotopic (exact) mass is 236 g/mol. The predicted octanol–water partition coefficient (Wildman–Crippen LogP) is 2.64. The van der Waals surface area contributed by atoms with Crippen molar-refractivity contribution >= 4 is 0 Å². The zero-order chi connectivity index (χ0) is 11.7. The number of hydrogen-bond donors (Lipinski definition) is 1. The van der Waals surface area contributed by atoms with E-state index in [1.807, 2.05) is 0 Å². The van der Waals surface area contributed by atoms with Gasteiger partial charge in [0.1, 0.15) is 0 Å². The molecule has 1 aliphatic carbocycles. The molecule has 2 heteroatoms. The van der Waals surface area contributed by atoms with Crippen LogP contribution in [0.25, 0.3) is 0 Å². The fraction of sp³-hybridized carbons (Fsp3) is 1.00. The standard InChI is InChI=1S/C15H28N2/c1-2-17(11-12-3-4-12)8-7-13-9-14-5-6-15(10-13)16-14/h12-16H,2-11H2,1H3. The molecule has 0 radical (unpaired) electrons. The summed E-state index contributed by atoms with van der Waals surface area (Å²) in [5.74, 6) is 2.07. The number of piperidine rings is 1. The molecule has 0 spiro atoms. The Morgan fingerprint density at radius 3 is 2.29 bits per heavy atom. The Morgan fingerprint density at radius 1 is 1.00 bits per heavy atom. The van der Waals surface area contributed by atoms with Gasteiger partial charge in [0.15, 0.2) is 0 Å². The van der Waals surface area contributed by atoms with Gasteiger partial charge in [0.05, 0.1) is 0 Å². The summed E-state index contributed by atoms with van der Waals surface area (Å²) in [6.07, 6.45) is 10.2. The van der Waals surface area contributed by atoms with Crippen LogP contribution in [-0.4, -0.2) is 36.6 Å². The van der Waals surface area contributed by atoms with Gasteiger partial charge in [-0.05, 0) is 69.9 Å². The molecule has 0 aromatic carbocycles. The van der Waals surface area contributed by atoms with Crippen molar-refractivity contribution in [2.24, 2.45) is 11.8 Å². The maximum atomic E-state index is 3.75. The lowest BCUT2D eigenvalue weighted by Gasteiger charge is -2.31. The van der Waals surface area contributed by atoms with Gasteiger partial charge >= 0.3 is 0 Å². The van der Waals surface area contributed by atoms with Gasteiger partial charge in [0.25, 0.3) is 0 Å². The topological polar surface area (TPSA) is 15.3 Å². The lowest BCUT2D eigenvalue weighted by atomic mass is 9.89. The summed E-state index contributed by atoms with van der Waals surface area (Å²) < 4.78 is 0. The predicted molar refractivity (Wildman–Crippen MR) is 72.1 cm³/mol. The molecule has 1 saturated carbocycles. The van der Waals surface area contributed by atoms with Gasteiger partial charge in [-0.25, -0.2) is 0 Å². The fourth-order valence-electron chi connectivity index (χ4n) is 3.82. The smallest absolute Gasteiger partial charge is 0.00728 e. The molecule has 17 heavy (non-hydrogen) atoms. The van der Waals surface area contributed by atoms with Crippen molar-refractivity contribution in [2.45, 2.75) is 64.0 Å². The van der Waals surface area contributed by atoms with Crippen molar-refractivity contribution in [2.75, 3.05) is 19.6 Å². The van der Waals surface area contributed by atoms with Gasteiger partial charge < -0.3 is 10.2 Å². The molecule has 3 rings (SSSR count). The van der Waals surface area contributed by atoms with Crippen molar-refractivity contribution in [3.8, 4) is 0 Å². The summed E-state index contributed by atoms with van der Waals surface area (Å²) in [4.78, 5) is 2.70. The van der Waals surface area contributed by atoms with E-state index in [1.165, 1.54) is 64.6 Å². The zero-order valence-corrected chi connectivity index (χ0v) is 11.3. The first-order chi connectivity index (χ1) is 8.33. The number of hydrogen-bond acceptors (Lipinski definition) is 2. The molecule has 2 bridgehead atoms.